The smallest absolute Gasteiger partial charge is 0.324 e. The summed E-state index contributed by atoms with van der Waals surface area (Å²) in [5.74, 6) is 0.512. The molecule has 0 bridgehead atoms. The minimum Gasteiger partial charge on any atom is -0.324 e. The first kappa shape index (κ1) is 15.8. The second kappa shape index (κ2) is 6.48. The summed E-state index contributed by atoms with van der Waals surface area (Å²) in [4.78, 5) is 12.0. The molecule has 0 aliphatic carbocycles. The van der Waals surface area contributed by atoms with Crippen LogP contribution in [-0.2, 0) is 14.1 Å². The first-order valence-corrected chi connectivity index (χ1v) is 7.92. The Morgan fingerprint density at radius 3 is 2.19 bits per heavy atom. The van der Waals surface area contributed by atoms with Gasteiger partial charge in [0.25, 0.3) is 0 Å². The molecule has 0 spiro atoms. The zero-order valence-electron chi connectivity index (χ0n) is 13.6. The number of aryl methyl sites for hydroxylation is 2. The Morgan fingerprint density at radius 1 is 1.05 bits per heavy atom. The average Bonchev–Trinajstić information content (AvgIpc) is 2.71. The molecule has 1 aromatic heterocycles. The summed E-state index contributed by atoms with van der Waals surface area (Å²) in [5, 5.41) is 0. The molecule has 1 aromatic carbocycles. The summed E-state index contributed by atoms with van der Waals surface area (Å²) in [6.07, 6.45) is 4.62. The van der Waals surface area contributed by atoms with Crippen LogP contribution in [0.3, 0.4) is 0 Å². The van der Waals surface area contributed by atoms with Gasteiger partial charge in [-0.05, 0) is 36.5 Å². The maximum absolute atomic E-state index is 12.0. The van der Waals surface area contributed by atoms with E-state index in [0.29, 0.717) is 5.92 Å². The molecule has 4 heteroatoms. The van der Waals surface area contributed by atoms with Crippen molar-refractivity contribution in [2.75, 3.05) is 0 Å². The van der Waals surface area contributed by atoms with E-state index in [4.69, 9.17) is 5.73 Å². The number of benzene rings is 1. The molecule has 2 aromatic rings. The van der Waals surface area contributed by atoms with Gasteiger partial charge in [-0.15, -0.1) is 0 Å². The Morgan fingerprint density at radius 2 is 1.62 bits per heavy atom. The molecule has 116 valence electrons. The molecule has 0 amide bonds. The lowest BCUT2D eigenvalue weighted by Crippen LogP contribution is -2.21. The molecule has 1 unspecified atom stereocenters. The van der Waals surface area contributed by atoms with Gasteiger partial charge in [0.15, 0.2) is 0 Å². The number of rotatable bonds is 6. The van der Waals surface area contributed by atoms with Crippen LogP contribution >= 0.6 is 0 Å². The number of nitrogens with zero attached hydrogens (tertiary/aromatic N) is 2. The summed E-state index contributed by atoms with van der Waals surface area (Å²) in [7, 11) is 3.62. The molecule has 0 saturated heterocycles. The minimum atomic E-state index is 0.00869. The van der Waals surface area contributed by atoms with E-state index in [1.807, 2.05) is 13.1 Å². The number of fused-ring (bicyclic) bond motifs is 1. The van der Waals surface area contributed by atoms with Crippen molar-refractivity contribution in [2.45, 2.75) is 45.6 Å². The summed E-state index contributed by atoms with van der Waals surface area (Å²) in [5.41, 5.74) is 9.57. The predicted octanol–water partition coefficient (Wildman–Crippen LogP) is 3.09. The second-order valence-corrected chi connectivity index (χ2v) is 6.01. The van der Waals surface area contributed by atoms with E-state index >= 15 is 0 Å². The highest BCUT2D eigenvalue weighted by Gasteiger charge is 2.19. The fraction of sp³-hybridized carbons (Fsp3) is 0.588. The molecule has 21 heavy (non-hydrogen) atoms. The highest BCUT2D eigenvalue weighted by Crippen LogP contribution is 2.29. The van der Waals surface area contributed by atoms with Crippen LogP contribution in [0.2, 0.25) is 0 Å². The molecule has 2 N–H and O–H groups in total. The quantitative estimate of drug-likeness (QED) is 0.888. The third-order valence-corrected chi connectivity index (χ3v) is 4.51. The van der Waals surface area contributed by atoms with Crippen LogP contribution in [0.4, 0.5) is 0 Å². The van der Waals surface area contributed by atoms with Crippen molar-refractivity contribution in [1.29, 1.82) is 0 Å². The van der Waals surface area contributed by atoms with Gasteiger partial charge < -0.3 is 5.73 Å². The number of hydrogen-bond acceptors (Lipinski definition) is 2. The number of aromatic nitrogens is 2. The lowest BCUT2D eigenvalue weighted by Gasteiger charge is -2.23. The van der Waals surface area contributed by atoms with E-state index in [2.05, 4.69) is 26.0 Å². The predicted molar refractivity (Wildman–Crippen MR) is 88.4 cm³/mol. The van der Waals surface area contributed by atoms with Crippen molar-refractivity contribution in [1.82, 2.24) is 9.13 Å². The van der Waals surface area contributed by atoms with Crippen molar-refractivity contribution in [3.05, 3.63) is 34.2 Å². The third-order valence-electron chi connectivity index (χ3n) is 4.51. The van der Waals surface area contributed by atoms with Gasteiger partial charge in [0.05, 0.1) is 11.0 Å². The zero-order chi connectivity index (χ0) is 15.6. The van der Waals surface area contributed by atoms with Crippen LogP contribution in [-0.4, -0.2) is 9.13 Å². The second-order valence-electron chi connectivity index (χ2n) is 6.01. The van der Waals surface area contributed by atoms with E-state index in [1.54, 1.807) is 16.2 Å². The highest BCUT2D eigenvalue weighted by atomic mass is 16.1. The molecular weight excluding hydrogens is 262 g/mol. The molecule has 1 heterocycles. The van der Waals surface area contributed by atoms with Gasteiger partial charge >= 0.3 is 5.69 Å². The lowest BCUT2D eigenvalue weighted by molar-refractivity contribution is 0.369. The van der Waals surface area contributed by atoms with Gasteiger partial charge in [0.2, 0.25) is 0 Å². The highest BCUT2D eigenvalue weighted by molar-refractivity contribution is 5.77. The maximum atomic E-state index is 12.0. The van der Waals surface area contributed by atoms with Crippen molar-refractivity contribution < 1.29 is 0 Å². The minimum absolute atomic E-state index is 0.00869. The maximum Gasteiger partial charge on any atom is 0.328 e. The first-order valence-electron chi connectivity index (χ1n) is 7.92. The molecule has 1 atom stereocenters. The fourth-order valence-electron chi connectivity index (χ4n) is 3.25. The Bertz CT molecular complexity index is 662. The van der Waals surface area contributed by atoms with E-state index < -0.39 is 0 Å². The first-order chi connectivity index (χ1) is 10.0. The fourth-order valence-corrected chi connectivity index (χ4v) is 3.25. The standard InChI is InChI=1S/C17H27N3O/c1-5-7-12(8-6-2)16(18)13-9-10-14-15(11-13)20(4)17(21)19(14)3/h9-12,16H,5-8,18H2,1-4H3. The Hall–Kier alpha value is -1.55. The van der Waals surface area contributed by atoms with Crippen LogP contribution in [0.5, 0.6) is 0 Å². The Kier molecular flexibility index (Phi) is 4.88. The lowest BCUT2D eigenvalue weighted by atomic mass is 9.86. The summed E-state index contributed by atoms with van der Waals surface area (Å²) < 4.78 is 3.38. The normalized spacial score (nSPS) is 13.2. The molecule has 0 aliphatic heterocycles. The number of nitrogens with two attached hydrogens (primary N) is 1. The summed E-state index contributed by atoms with van der Waals surface area (Å²) in [6, 6.07) is 6.22. The van der Waals surface area contributed by atoms with Gasteiger partial charge in [-0.2, -0.15) is 0 Å². The van der Waals surface area contributed by atoms with Crippen LogP contribution in [0.15, 0.2) is 23.0 Å². The molecule has 4 nitrogen and oxygen atoms in total. The third kappa shape index (κ3) is 2.91. The van der Waals surface area contributed by atoms with Crippen LogP contribution in [0, 0.1) is 5.92 Å². The zero-order valence-corrected chi connectivity index (χ0v) is 13.6. The van der Waals surface area contributed by atoms with Crippen molar-refractivity contribution in [2.24, 2.45) is 25.7 Å². The van der Waals surface area contributed by atoms with Gasteiger partial charge in [-0.3, -0.25) is 9.13 Å². The summed E-state index contributed by atoms with van der Waals surface area (Å²) in [6.45, 7) is 4.42. The summed E-state index contributed by atoms with van der Waals surface area (Å²) >= 11 is 0. The monoisotopic (exact) mass is 289 g/mol. The van der Waals surface area contributed by atoms with E-state index in [0.717, 1.165) is 42.3 Å². The van der Waals surface area contributed by atoms with Crippen molar-refractivity contribution in [3.8, 4) is 0 Å². The van der Waals surface area contributed by atoms with E-state index in [1.165, 1.54) is 0 Å². The molecule has 0 radical (unpaired) electrons. The van der Waals surface area contributed by atoms with E-state index in [9.17, 15) is 4.79 Å². The molecule has 0 fully saturated rings. The Balaban J connectivity index is 2.42. The number of imidazole rings is 1. The van der Waals surface area contributed by atoms with Crippen LogP contribution in [0.25, 0.3) is 11.0 Å². The average molecular weight is 289 g/mol. The van der Waals surface area contributed by atoms with Gasteiger partial charge in [-0.1, -0.05) is 32.8 Å². The topological polar surface area (TPSA) is 52.9 Å². The molecule has 2 rings (SSSR count). The molecule has 0 aliphatic rings. The number of hydrogen-bond donors (Lipinski definition) is 1. The van der Waals surface area contributed by atoms with Crippen molar-refractivity contribution in [3.63, 3.8) is 0 Å². The van der Waals surface area contributed by atoms with Crippen molar-refractivity contribution >= 4 is 11.0 Å². The molecular formula is C17H27N3O. The molecule has 0 saturated carbocycles. The van der Waals surface area contributed by atoms with Crippen LogP contribution < -0.4 is 11.4 Å². The largest absolute Gasteiger partial charge is 0.328 e. The van der Waals surface area contributed by atoms with Gasteiger partial charge in [-0.25, -0.2) is 4.79 Å². The SMILES string of the molecule is CCCC(CCC)C(N)c1ccc2c(c1)n(C)c(=O)n2C. The Labute approximate surface area is 126 Å². The van der Waals surface area contributed by atoms with Gasteiger partial charge in [0, 0.05) is 20.1 Å². The van der Waals surface area contributed by atoms with E-state index in [-0.39, 0.29) is 11.7 Å². The van der Waals surface area contributed by atoms with Crippen LogP contribution in [0.1, 0.15) is 51.1 Å². The van der Waals surface area contributed by atoms with Gasteiger partial charge in [0.1, 0.15) is 0 Å².